The van der Waals surface area contributed by atoms with E-state index < -0.39 is 11.5 Å². The fourth-order valence-electron chi connectivity index (χ4n) is 2.56. The number of nitrogens with zero attached hydrogens (tertiary/aromatic N) is 2. The average molecular weight is 384 g/mol. The lowest BCUT2D eigenvalue weighted by Gasteiger charge is -2.06. The van der Waals surface area contributed by atoms with E-state index in [-0.39, 0.29) is 17.2 Å². The summed E-state index contributed by atoms with van der Waals surface area (Å²) in [6.07, 6.45) is 4.73. The number of ketones is 1. The van der Waals surface area contributed by atoms with Crippen molar-refractivity contribution in [3.8, 4) is 11.4 Å². The van der Waals surface area contributed by atoms with E-state index in [1.807, 2.05) is 0 Å². The molecule has 142 valence electrons. The largest absolute Gasteiger partial charge is 0.435 e. The van der Waals surface area contributed by atoms with Crippen LogP contribution in [0.2, 0.25) is 0 Å². The summed E-state index contributed by atoms with van der Waals surface area (Å²) >= 11 is 0. The summed E-state index contributed by atoms with van der Waals surface area (Å²) in [7, 11) is 0. The highest BCUT2D eigenvalue weighted by Gasteiger charge is 2.08. The Balaban J connectivity index is 1.75. The third kappa shape index (κ3) is 4.47. The molecular weight excluding hydrogens is 370 g/mol. The second-order valence-electron chi connectivity index (χ2n) is 5.68. The van der Waals surface area contributed by atoms with E-state index in [1.165, 1.54) is 42.5 Å². The third-order valence-electron chi connectivity index (χ3n) is 3.89. The van der Waals surface area contributed by atoms with Crippen LogP contribution >= 0.6 is 0 Å². The van der Waals surface area contributed by atoms with E-state index in [1.54, 1.807) is 41.1 Å². The van der Waals surface area contributed by atoms with Crippen molar-refractivity contribution in [2.75, 3.05) is 0 Å². The Kier molecular flexibility index (Phi) is 5.59. The summed E-state index contributed by atoms with van der Waals surface area (Å²) in [4.78, 5) is 22.6. The topological polar surface area (TPSA) is 74.4 Å². The molecule has 0 spiro atoms. The van der Waals surface area contributed by atoms with E-state index in [0.717, 1.165) is 0 Å². The first kappa shape index (κ1) is 19.0. The van der Waals surface area contributed by atoms with E-state index in [2.05, 4.69) is 4.74 Å². The van der Waals surface area contributed by atoms with Crippen molar-refractivity contribution in [3.63, 3.8) is 0 Å². The van der Waals surface area contributed by atoms with Crippen molar-refractivity contribution in [1.29, 1.82) is 0 Å². The molecular formula is C20H14F2N2O4. The molecule has 0 amide bonds. The van der Waals surface area contributed by atoms with Crippen molar-refractivity contribution in [2.45, 2.75) is 6.61 Å². The molecule has 0 saturated carbocycles. The minimum Gasteiger partial charge on any atom is -0.435 e. The number of nitro groups is 1. The molecule has 0 saturated heterocycles. The summed E-state index contributed by atoms with van der Waals surface area (Å²) in [5.41, 5.74) is 1.71. The summed E-state index contributed by atoms with van der Waals surface area (Å²) in [6.45, 7) is -2.92. The molecule has 0 bridgehead atoms. The van der Waals surface area contributed by atoms with Crippen LogP contribution in [0, 0.1) is 10.1 Å². The van der Waals surface area contributed by atoms with Crippen LogP contribution in [0.25, 0.3) is 11.8 Å². The Bertz CT molecular complexity index is 1010. The van der Waals surface area contributed by atoms with Crippen LogP contribution in [0.4, 0.5) is 14.5 Å². The van der Waals surface area contributed by atoms with Gasteiger partial charge in [-0.3, -0.25) is 14.9 Å². The van der Waals surface area contributed by atoms with Gasteiger partial charge in [0.1, 0.15) is 5.75 Å². The van der Waals surface area contributed by atoms with Gasteiger partial charge in [0.25, 0.3) is 5.69 Å². The highest BCUT2D eigenvalue weighted by Crippen LogP contribution is 2.19. The van der Waals surface area contributed by atoms with Crippen molar-refractivity contribution in [2.24, 2.45) is 0 Å². The lowest BCUT2D eigenvalue weighted by Crippen LogP contribution is -2.02. The predicted molar refractivity (Wildman–Crippen MR) is 98.9 cm³/mol. The number of benzene rings is 2. The van der Waals surface area contributed by atoms with Gasteiger partial charge in [0.15, 0.2) is 5.78 Å². The van der Waals surface area contributed by atoms with Crippen molar-refractivity contribution >= 4 is 17.5 Å². The fourth-order valence-corrected chi connectivity index (χ4v) is 2.56. The Morgan fingerprint density at radius 3 is 2.36 bits per heavy atom. The molecule has 0 aliphatic heterocycles. The third-order valence-corrected chi connectivity index (χ3v) is 3.89. The highest BCUT2D eigenvalue weighted by atomic mass is 19.3. The van der Waals surface area contributed by atoms with Crippen LogP contribution in [0.5, 0.6) is 5.75 Å². The summed E-state index contributed by atoms with van der Waals surface area (Å²) in [5, 5.41) is 10.8. The molecule has 8 heteroatoms. The Morgan fingerprint density at radius 2 is 1.75 bits per heavy atom. The maximum Gasteiger partial charge on any atom is 0.387 e. The maximum atomic E-state index is 12.3. The maximum absolute atomic E-state index is 12.3. The number of rotatable bonds is 7. The zero-order valence-corrected chi connectivity index (χ0v) is 14.4. The second-order valence-corrected chi connectivity index (χ2v) is 5.68. The number of halogens is 2. The molecule has 1 heterocycles. The van der Waals surface area contributed by atoms with Crippen molar-refractivity contribution in [3.05, 3.63) is 94.3 Å². The van der Waals surface area contributed by atoms with Gasteiger partial charge >= 0.3 is 6.61 Å². The van der Waals surface area contributed by atoms with Crippen LogP contribution in [-0.2, 0) is 0 Å². The quantitative estimate of drug-likeness (QED) is 0.252. The number of ether oxygens (including phenoxy) is 1. The minimum absolute atomic E-state index is 0.0116. The lowest BCUT2D eigenvalue weighted by molar-refractivity contribution is -0.384. The molecule has 3 aromatic rings. The molecule has 6 nitrogen and oxygen atoms in total. The van der Waals surface area contributed by atoms with E-state index in [9.17, 15) is 23.7 Å². The van der Waals surface area contributed by atoms with Crippen LogP contribution in [0.15, 0.2) is 72.9 Å². The molecule has 1 aromatic heterocycles. The van der Waals surface area contributed by atoms with E-state index in [0.29, 0.717) is 16.9 Å². The second kappa shape index (κ2) is 8.26. The predicted octanol–water partition coefficient (Wildman–Crippen LogP) is 4.88. The van der Waals surface area contributed by atoms with E-state index in [4.69, 9.17) is 0 Å². The number of non-ortho nitro benzene ring substituents is 1. The van der Waals surface area contributed by atoms with Crippen molar-refractivity contribution in [1.82, 2.24) is 4.57 Å². The number of carbonyl (C=O) groups excluding carboxylic acids is 1. The number of carbonyl (C=O) groups is 1. The Hall–Kier alpha value is -3.81. The van der Waals surface area contributed by atoms with Gasteiger partial charge in [-0.1, -0.05) is 0 Å². The van der Waals surface area contributed by atoms with Gasteiger partial charge in [-0.05, 0) is 60.7 Å². The number of allylic oxidation sites excluding steroid dienone is 1. The molecule has 0 fully saturated rings. The number of alkyl halides is 2. The van der Waals surface area contributed by atoms with E-state index >= 15 is 0 Å². The molecule has 28 heavy (non-hydrogen) atoms. The molecule has 0 unspecified atom stereocenters. The van der Waals surface area contributed by atoms with Gasteiger partial charge in [-0.25, -0.2) is 0 Å². The first-order chi connectivity index (χ1) is 13.4. The van der Waals surface area contributed by atoms with Gasteiger partial charge in [0.05, 0.1) is 4.92 Å². The average Bonchev–Trinajstić information content (AvgIpc) is 3.15. The first-order valence-electron chi connectivity index (χ1n) is 8.13. The fraction of sp³-hybridized carbons (Fsp3) is 0.0500. The molecule has 0 N–H and O–H groups in total. The monoisotopic (exact) mass is 384 g/mol. The van der Waals surface area contributed by atoms with Gasteiger partial charge in [-0.15, -0.1) is 0 Å². The summed E-state index contributed by atoms with van der Waals surface area (Å²) < 4.78 is 30.3. The normalized spacial score (nSPS) is 11.1. The zero-order chi connectivity index (χ0) is 20.1. The lowest BCUT2D eigenvalue weighted by atomic mass is 10.1. The van der Waals surface area contributed by atoms with Gasteiger partial charge in [0.2, 0.25) is 0 Å². The molecule has 3 rings (SSSR count). The number of nitro benzene ring substituents is 1. The van der Waals surface area contributed by atoms with Crippen LogP contribution in [0.1, 0.15) is 16.1 Å². The number of hydrogen-bond acceptors (Lipinski definition) is 4. The van der Waals surface area contributed by atoms with Crippen LogP contribution < -0.4 is 4.74 Å². The summed E-state index contributed by atoms with van der Waals surface area (Å²) in [6, 6.07) is 15.0. The number of aromatic nitrogens is 1. The smallest absolute Gasteiger partial charge is 0.387 e. The molecule has 0 aliphatic carbocycles. The standard InChI is InChI=1S/C20H14F2N2O4/c21-20(22)28-18-10-3-14(4-11-18)19(25)12-9-15-2-1-13-23(15)16-5-7-17(8-6-16)24(26)27/h1-13,20H/b12-9+. The van der Waals surface area contributed by atoms with Gasteiger partial charge in [0, 0.05) is 35.3 Å². The van der Waals surface area contributed by atoms with Crippen LogP contribution in [-0.4, -0.2) is 21.9 Å². The van der Waals surface area contributed by atoms with Gasteiger partial charge < -0.3 is 9.30 Å². The Labute approximate surface area is 158 Å². The SMILES string of the molecule is O=C(/C=C/c1cccn1-c1ccc([N+](=O)[O-])cc1)c1ccc(OC(F)F)cc1. The van der Waals surface area contributed by atoms with Crippen LogP contribution in [0.3, 0.4) is 0 Å². The zero-order valence-electron chi connectivity index (χ0n) is 14.4. The summed E-state index contributed by atoms with van der Waals surface area (Å²) in [5.74, 6) is -0.331. The van der Waals surface area contributed by atoms with Gasteiger partial charge in [-0.2, -0.15) is 8.78 Å². The Morgan fingerprint density at radius 1 is 1.07 bits per heavy atom. The molecule has 0 atom stereocenters. The minimum atomic E-state index is -2.92. The highest BCUT2D eigenvalue weighted by molar-refractivity contribution is 6.06. The molecule has 0 aliphatic rings. The van der Waals surface area contributed by atoms with Crippen molar-refractivity contribution < 1.29 is 23.2 Å². The molecule has 2 aromatic carbocycles. The first-order valence-corrected chi connectivity index (χ1v) is 8.13. The molecule has 0 radical (unpaired) electrons. The number of hydrogen-bond donors (Lipinski definition) is 0.